The van der Waals surface area contributed by atoms with Crippen molar-refractivity contribution in [3.8, 4) is 11.5 Å². The SMILES string of the molecule is CNC(CCOc1ccc(Cl)cc1)c1ccc(OC(=O)N(C)C)cc1. The first kappa shape index (κ1) is 19.1. The lowest BCUT2D eigenvalue weighted by Crippen LogP contribution is -2.25. The van der Waals surface area contributed by atoms with Gasteiger partial charge in [-0.2, -0.15) is 0 Å². The summed E-state index contributed by atoms with van der Waals surface area (Å²) in [6.45, 7) is 0.574. The van der Waals surface area contributed by atoms with E-state index < -0.39 is 6.09 Å². The van der Waals surface area contributed by atoms with E-state index in [4.69, 9.17) is 21.1 Å². The number of nitrogens with one attached hydrogen (secondary N) is 1. The molecule has 0 fully saturated rings. The summed E-state index contributed by atoms with van der Waals surface area (Å²) in [7, 11) is 5.20. The van der Waals surface area contributed by atoms with Gasteiger partial charge in [-0.25, -0.2) is 4.79 Å². The van der Waals surface area contributed by atoms with Crippen LogP contribution in [-0.4, -0.2) is 38.7 Å². The summed E-state index contributed by atoms with van der Waals surface area (Å²) in [4.78, 5) is 12.9. The molecule has 134 valence electrons. The van der Waals surface area contributed by atoms with E-state index in [-0.39, 0.29) is 6.04 Å². The zero-order chi connectivity index (χ0) is 18.2. The number of ether oxygens (including phenoxy) is 2. The van der Waals surface area contributed by atoms with E-state index in [9.17, 15) is 4.79 Å². The van der Waals surface area contributed by atoms with Crippen molar-refractivity contribution in [1.82, 2.24) is 10.2 Å². The number of carbonyl (C=O) groups excluding carboxylic acids is 1. The average molecular weight is 363 g/mol. The number of hydrogen-bond acceptors (Lipinski definition) is 4. The van der Waals surface area contributed by atoms with Gasteiger partial charge in [-0.05, 0) is 49.0 Å². The van der Waals surface area contributed by atoms with Gasteiger partial charge in [-0.1, -0.05) is 23.7 Å². The van der Waals surface area contributed by atoms with E-state index >= 15 is 0 Å². The van der Waals surface area contributed by atoms with Crippen molar-refractivity contribution in [2.45, 2.75) is 12.5 Å². The van der Waals surface area contributed by atoms with Gasteiger partial charge >= 0.3 is 6.09 Å². The number of nitrogens with zero attached hydrogens (tertiary/aromatic N) is 1. The third-order valence-electron chi connectivity index (χ3n) is 3.69. The maximum absolute atomic E-state index is 11.6. The number of rotatable bonds is 7. The van der Waals surface area contributed by atoms with E-state index in [1.54, 1.807) is 38.4 Å². The van der Waals surface area contributed by atoms with Gasteiger partial charge in [0.1, 0.15) is 11.5 Å². The van der Waals surface area contributed by atoms with E-state index in [2.05, 4.69) is 5.32 Å². The number of benzene rings is 2. The standard InChI is InChI=1S/C19H23ClN2O3/c1-21-18(12-13-24-16-10-6-15(20)7-11-16)14-4-8-17(9-5-14)25-19(23)22(2)3/h4-11,18,21H,12-13H2,1-3H3. The van der Waals surface area contributed by atoms with Crippen LogP contribution >= 0.6 is 11.6 Å². The van der Waals surface area contributed by atoms with E-state index in [0.717, 1.165) is 17.7 Å². The maximum Gasteiger partial charge on any atom is 0.414 e. The molecule has 1 amide bonds. The fourth-order valence-electron chi connectivity index (χ4n) is 2.26. The molecule has 0 aliphatic carbocycles. The van der Waals surface area contributed by atoms with Crippen LogP contribution in [0.15, 0.2) is 48.5 Å². The molecular formula is C19H23ClN2O3. The fourth-order valence-corrected chi connectivity index (χ4v) is 2.39. The quantitative estimate of drug-likeness (QED) is 0.804. The highest BCUT2D eigenvalue weighted by Gasteiger charge is 2.11. The second kappa shape index (κ2) is 9.30. The predicted molar refractivity (Wildman–Crippen MR) is 99.5 cm³/mol. The van der Waals surface area contributed by atoms with Crippen molar-refractivity contribution >= 4 is 17.7 Å². The number of halogens is 1. The molecule has 5 nitrogen and oxygen atoms in total. The smallest absolute Gasteiger partial charge is 0.414 e. The molecule has 0 saturated carbocycles. The van der Waals surface area contributed by atoms with Gasteiger partial charge in [-0.3, -0.25) is 0 Å². The van der Waals surface area contributed by atoms with Gasteiger partial charge in [-0.15, -0.1) is 0 Å². The minimum absolute atomic E-state index is 0.144. The van der Waals surface area contributed by atoms with Crippen LogP contribution in [0.3, 0.4) is 0 Å². The Hall–Kier alpha value is -2.24. The molecule has 0 spiro atoms. The lowest BCUT2D eigenvalue weighted by Gasteiger charge is -2.18. The Morgan fingerprint density at radius 3 is 2.24 bits per heavy atom. The summed E-state index contributed by atoms with van der Waals surface area (Å²) >= 11 is 5.86. The molecular weight excluding hydrogens is 340 g/mol. The second-order valence-corrected chi connectivity index (χ2v) is 6.20. The van der Waals surface area contributed by atoms with Gasteiger partial charge in [0.15, 0.2) is 0 Å². The normalized spacial score (nSPS) is 11.7. The highest BCUT2D eigenvalue weighted by Crippen LogP contribution is 2.22. The van der Waals surface area contributed by atoms with Crippen LogP contribution in [0.2, 0.25) is 5.02 Å². The molecule has 0 bridgehead atoms. The third-order valence-corrected chi connectivity index (χ3v) is 3.94. The van der Waals surface area contributed by atoms with Crippen molar-refractivity contribution in [3.05, 3.63) is 59.1 Å². The highest BCUT2D eigenvalue weighted by atomic mass is 35.5. The van der Waals surface area contributed by atoms with Crippen LogP contribution in [0.25, 0.3) is 0 Å². The molecule has 0 heterocycles. The Labute approximate surface area is 153 Å². The first-order chi connectivity index (χ1) is 12.0. The Morgan fingerprint density at radius 1 is 1.08 bits per heavy atom. The molecule has 2 aromatic carbocycles. The van der Waals surface area contributed by atoms with Gasteiger partial charge in [0.05, 0.1) is 6.61 Å². The Morgan fingerprint density at radius 2 is 1.68 bits per heavy atom. The van der Waals surface area contributed by atoms with Crippen LogP contribution in [0.4, 0.5) is 4.79 Å². The summed E-state index contributed by atoms with van der Waals surface area (Å²) in [5.41, 5.74) is 1.10. The summed E-state index contributed by atoms with van der Waals surface area (Å²) in [5, 5.41) is 3.97. The fraction of sp³-hybridized carbons (Fsp3) is 0.316. The highest BCUT2D eigenvalue weighted by molar-refractivity contribution is 6.30. The number of hydrogen-bond donors (Lipinski definition) is 1. The molecule has 2 aromatic rings. The van der Waals surface area contributed by atoms with Crippen LogP contribution in [0, 0.1) is 0 Å². The zero-order valence-electron chi connectivity index (χ0n) is 14.7. The summed E-state index contributed by atoms with van der Waals surface area (Å²) in [5.74, 6) is 1.32. The van der Waals surface area contributed by atoms with Gasteiger partial charge < -0.3 is 19.7 Å². The Kier molecular flexibility index (Phi) is 7.10. The van der Waals surface area contributed by atoms with Crippen molar-refractivity contribution < 1.29 is 14.3 Å². The average Bonchev–Trinajstić information content (AvgIpc) is 2.61. The summed E-state index contributed by atoms with van der Waals surface area (Å²) in [6.07, 6.45) is 0.407. The van der Waals surface area contributed by atoms with Crippen molar-refractivity contribution in [1.29, 1.82) is 0 Å². The maximum atomic E-state index is 11.6. The molecule has 1 unspecified atom stereocenters. The first-order valence-electron chi connectivity index (χ1n) is 8.04. The number of amides is 1. The molecule has 0 aliphatic heterocycles. The van der Waals surface area contributed by atoms with Crippen LogP contribution in [0.5, 0.6) is 11.5 Å². The third kappa shape index (κ3) is 5.96. The molecule has 0 aliphatic rings. The topological polar surface area (TPSA) is 50.8 Å². The minimum atomic E-state index is -0.394. The molecule has 0 saturated heterocycles. The molecule has 0 radical (unpaired) electrons. The van der Waals surface area contributed by atoms with E-state index in [1.807, 2.05) is 31.3 Å². The van der Waals surface area contributed by atoms with Crippen LogP contribution in [-0.2, 0) is 0 Å². The summed E-state index contributed by atoms with van der Waals surface area (Å²) < 4.78 is 11.0. The molecule has 25 heavy (non-hydrogen) atoms. The molecule has 0 aromatic heterocycles. The predicted octanol–water partition coefficient (Wildman–Crippen LogP) is 4.13. The van der Waals surface area contributed by atoms with Crippen molar-refractivity contribution in [2.24, 2.45) is 0 Å². The minimum Gasteiger partial charge on any atom is -0.494 e. The van der Waals surface area contributed by atoms with Gasteiger partial charge in [0, 0.05) is 31.6 Å². The molecule has 1 N–H and O–H groups in total. The summed E-state index contributed by atoms with van der Waals surface area (Å²) in [6, 6.07) is 14.9. The molecule has 2 rings (SSSR count). The Bertz CT molecular complexity index is 672. The van der Waals surface area contributed by atoms with E-state index in [0.29, 0.717) is 17.4 Å². The lowest BCUT2D eigenvalue weighted by molar-refractivity contribution is 0.172. The largest absolute Gasteiger partial charge is 0.494 e. The Balaban J connectivity index is 1.89. The monoisotopic (exact) mass is 362 g/mol. The molecule has 6 heteroatoms. The van der Waals surface area contributed by atoms with Crippen molar-refractivity contribution in [2.75, 3.05) is 27.7 Å². The van der Waals surface area contributed by atoms with Crippen molar-refractivity contribution in [3.63, 3.8) is 0 Å². The van der Waals surface area contributed by atoms with E-state index in [1.165, 1.54) is 4.90 Å². The lowest BCUT2D eigenvalue weighted by atomic mass is 10.0. The van der Waals surface area contributed by atoms with Gasteiger partial charge in [0.2, 0.25) is 0 Å². The van der Waals surface area contributed by atoms with Gasteiger partial charge in [0.25, 0.3) is 0 Å². The van der Waals surface area contributed by atoms with Crippen LogP contribution in [0.1, 0.15) is 18.0 Å². The van der Waals surface area contributed by atoms with Crippen LogP contribution < -0.4 is 14.8 Å². The number of carbonyl (C=O) groups is 1. The first-order valence-corrected chi connectivity index (χ1v) is 8.42. The second-order valence-electron chi connectivity index (χ2n) is 5.76. The molecule has 1 atom stereocenters. The zero-order valence-corrected chi connectivity index (χ0v) is 15.4.